The summed E-state index contributed by atoms with van der Waals surface area (Å²) in [5.41, 5.74) is 1.62. The van der Waals surface area contributed by atoms with E-state index in [1.54, 1.807) is 12.1 Å². The number of nitrogens with one attached hydrogen (secondary N) is 1. The van der Waals surface area contributed by atoms with E-state index < -0.39 is 0 Å². The lowest BCUT2D eigenvalue weighted by Gasteiger charge is -2.07. The largest absolute Gasteiger partial charge is 0.325 e. The molecule has 0 radical (unpaired) electrons. The molecule has 1 aromatic carbocycles. The minimum absolute atomic E-state index is 0.129. The van der Waals surface area contributed by atoms with Crippen LogP contribution >= 0.6 is 23.2 Å². The van der Waals surface area contributed by atoms with E-state index in [1.807, 2.05) is 0 Å². The molecule has 0 spiro atoms. The van der Waals surface area contributed by atoms with Crippen LogP contribution < -0.4 is 5.32 Å². The molecule has 1 aliphatic rings. The lowest BCUT2D eigenvalue weighted by atomic mass is 10.0. The molecule has 15 heavy (non-hydrogen) atoms. The first-order valence-corrected chi connectivity index (χ1v) is 5.25. The Morgan fingerprint density at radius 2 is 2.20 bits per heavy atom. The monoisotopic (exact) mass is 243 g/mol. The fraction of sp³-hybridized carbons (Fsp3) is 0.200. The van der Waals surface area contributed by atoms with Crippen molar-refractivity contribution in [3.05, 3.63) is 28.3 Å². The lowest BCUT2D eigenvalue weighted by molar-refractivity contribution is -0.115. The molecule has 0 aliphatic carbocycles. The van der Waals surface area contributed by atoms with Crippen molar-refractivity contribution in [2.45, 2.75) is 6.42 Å². The molecule has 0 fully saturated rings. The van der Waals surface area contributed by atoms with Gasteiger partial charge in [-0.1, -0.05) is 17.7 Å². The van der Waals surface area contributed by atoms with Crippen LogP contribution in [0, 0.1) is 0 Å². The summed E-state index contributed by atoms with van der Waals surface area (Å²) in [5, 5.41) is 2.94. The summed E-state index contributed by atoms with van der Waals surface area (Å²) in [5.74, 6) is -0.553. The highest BCUT2D eigenvalue weighted by Gasteiger charge is 2.25. The van der Waals surface area contributed by atoms with Crippen molar-refractivity contribution in [2.75, 3.05) is 11.2 Å². The molecule has 1 aromatic rings. The second kappa shape index (κ2) is 3.83. The number of Topliss-reactive ketones (excluding diaryl/α,β-unsaturated/α-hetero) is 1. The number of fused-ring (bicyclic) bond motifs is 1. The highest BCUT2D eigenvalue weighted by Crippen LogP contribution is 2.32. The summed E-state index contributed by atoms with van der Waals surface area (Å²) in [4.78, 5) is 22.7. The van der Waals surface area contributed by atoms with Crippen molar-refractivity contribution >= 4 is 40.6 Å². The Morgan fingerprint density at radius 1 is 1.47 bits per heavy atom. The van der Waals surface area contributed by atoms with E-state index in [4.69, 9.17) is 23.2 Å². The highest BCUT2D eigenvalue weighted by molar-refractivity contribution is 6.38. The van der Waals surface area contributed by atoms with Crippen LogP contribution in [0.1, 0.15) is 15.9 Å². The van der Waals surface area contributed by atoms with Gasteiger partial charge in [0.15, 0.2) is 5.78 Å². The van der Waals surface area contributed by atoms with Gasteiger partial charge in [0.25, 0.3) is 0 Å². The molecule has 0 saturated carbocycles. The number of benzene rings is 1. The number of rotatable bonds is 2. The van der Waals surface area contributed by atoms with Crippen molar-refractivity contribution in [1.29, 1.82) is 0 Å². The van der Waals surface area contributed by atoms with Gasteiger partial charge < -0.3 is 5.32 Å². The lowest BCUT2D eigenvalue weighted by Crippen LogP contribution is -2.08. The molecule has 0 aromatic heterocycles. The van der Waals surface area contributed by atoms with Gasteiger partial charge in [-0.15, -0.1) is 11.6 Å². The third-order valence-corrected chi connectivity index (χ3v) is 2.81. The van der Waals surface area contributed by atoms with E-state index in [0.29, 0.717) is 16.3 Å². The molecule has 5 heteroatoms. The van der Waals surface area contributed by atoms with Crippen molar-refractivity contribution in [3.8, 4) is 0 Å². The normalized spacial score (nSPS) is 13.6. The number of amides is 1. The van der Waals surface area contributed by atoms with Crippen molar-refractivity contribution in [1.82, 2.24) is 0 Å². The zero-order valence-corrected chi connectivity index (χ0v) is 9.15. The molecule has 1 N–H and O–H groups in total. The van der Waals surface area contributed by atoms with Crippen LogP contribution in [0.2, 0.25) is 5.02 Å². The number of ketones is 1. The molecule has 1 amide bonds. The summed E-state index contributed by atoms with van der Waals surface area (Å²) in [6, 6.07) is 3.35. The van der Waals surface area contributed by atoms with Crippen molar-refractivity contribution in [2.24, 2.45) is 0 Å². The Labute approximate surface area is 96.4 Å². The van der Waals surface area contributed by atoms with Gasteiger partial charge in [0, 0.05) is 0 Å². The van der Waals surface area contributed by atoms with Crippen LogP contribution in [-0.4, -0.2) is 17.6 Å². The summed E-state index contributed by atoms with van der Waals surface area (Å²) in [7, 11) is 0. The predicted octanol–water partition coefficient (Wildman–Crippen LogP) is 2.26. The minimum atomic E-state index is -0.277. The van der Waals surface area contributed by atoms with E-state index in [9.17, 15) is 9.59 Å². The van der Waals surface area contributed by atoms with E-state index in [2.05, 4.69) is 5.32 Å². The van der Waals surface area contributed by atoms with Gasteiger partial charge in [0.05, 0.1) is 28.6 Å². The number of alkyl halides is 1. The highest BCUT2D eigenvalue weighted by atomic mass is 35.5. The molecule has 78 valence electrons. The average molecular weight is 244 g/mol. The van der Waals surface area contributed by atoms with Gasteiger partial charge in [-0.25, -0.2) is 0 Å². The molecular weight excluding hydrogens is 237 g/mol. The first-order chi connectivity index (χ1) is 7.13. The Kier molecular flexibility index (Phi) is 2.67. The second-order valence-corrected chi connectivity index (χ2v) is 3.91. The Balaban J connectivity index is 2.59. The second-order valence-electron chi connectivity index (χ2n) is 3.24. The van der Waals surface area contributed by atoms with E-state index in [-0.39, 0.29) is 24.0 Å². The van der Waals surface area contributed by atoms with Gasteiger partial charge >= 0.3 is 0 Å². The molecule has 3 nitrogen and oxygen atoms in total. The van der Waals surface area contributed by atoms with Crippen LogP contribution in [-0.2, 0) is 11.2 Å². The fourth-order valence-electron chi connectivity index (χ4n) is 1.61. The molecule has 1 heterocycles. The zero-order valence-electron chi connectivity index (χ0n) is 7.64. The quantitative estimate of drug-likeness (QED) is 0.640. The third-order valence-electron chi connectivity index (χ3n) is 2.26. The van der Waals surface area contributed by atoms with Crippen LogP contribution in [0.25, 0.3) is 0 Å². The van der Waals surface area contributed by atoms with Gasteiger partial charge in [-0.3, -0.25) is 9.59 Å². The molecular formula is C10H7Cl2NO2. The number of hydrogen-bond donors (Lipinski definition) is 1. The van der Waals surface area contributed by atoms with Crippen molar-refractivity contribution < 1.29 is 9.59 Å². The summed E-state index contributed by atoms with van der Waals surface area (Å²) in [6.45, 7) is 0. The van der Waals surface area contributed by atoms with E-state index in [0.717, 1.165) is 5.56 Å². The van der Waals surface area contributed by atoms with E-state index in [1.165, 1.54) is 0 Å². The number of hydrogen-bond acceptors (Lipinski definition) is 2. The van der Waals surface area contributed by atoms with Gasteiger partial charge in [0.2, 0.25) is 5.91 Å². The summed E-state index contributed by atoms with van der Waals surface area (Å²) in [6.07, 6.45) is 0.287. The zero-order chi connectivity index (χ0) is 11.0. The third kappa shape index (κ3) is 1.73. The Morgan fingerprint density at radius 3 is 2.87 bits per heavy atom. The number of carbonyl (C=O) groups is 2. The first-order valence-electron chi connectivity index (χ1n) is 4.34. The first kappa shape index (κ1) is 10.5. The number of anilines is 1. The van der Waals surface area contributed by atoms with Gasteiger partial charge in [0.1, 0.15) is 0 Å². The Hall–Kier alpha value is -1.06. The Bertz CT molecular complexity index is 457. The maximum absolute atomic E-state index is 11.5. The maximum atomic E-state index is 11.5. The summed E-state index contributed by atoms with van der Waals surface area (Å²) < 4.78 is 0. The molecule has 2 rings (SSSR count). The molecule has 0 saturated heterocycles. The standard InChI is InChI=1S/C10H7Cl2NO2/c11-4-7(14)9-6(12)2-1-5-3-8(15)13-10(5)9/h1-2H,3-4H2,(H,13,15). The van der Waals surface area contributed by atoms with E-state index >= 15 is 0 Å². The molecule has 0 atom stereocenters. The molecule has 0 unspecified atom stereocenters. The van der Waals surface area contributed by atoms with Crippen molar-refractivity contribution in [3.63, 3.8) is 0 Å². The molecule has 0 bridgehead atoms. The SMILES string of the molecule is O=C1Cc2ccc(Cl)c(C(=O)CCl)c2N1. The van der Waals surface area contributed by atoms with Crippen LogP contribution in [0.4, 0.5) is 5.69 Å². The van der Waals surface area contributed by atoms with Gasteiger partial charge in [-0.2, -0.15) is 0 Å². The fourth-order valence-corrected chi connectivity index (χ4v) is 2.00. The van der Waals surface area contributed by atoms with Crippen LogP contribution in [0.5, 0.6) is 0 Å². The summed E-state index contributed by atoms with van der Waals surface area (Å²) >= 11 is 11.4. The average Bonchev–Trinajstić information content (AvgIpc) is 2.57. The van der Waals surface area contributed by atoms with Gasteiger partial charge in [-0.05, 0) is 11.6 Å². The maximum Gasteiger partial charge on any atom is 0.228 e. The smallest absolute Gasteiger partial charge is 0.228 e. The topological polar surface area (TPSA) is 46.2 Å². The predicted molar refractivity (Wildman–Crippen MR) is 58.8 cm³/mol. The number of halogens is 2. The number of carbonyl (C=O) groups excluding carboxylic acids is 2. The minimum Gasteiger partial charge on any atom is -0.325 e. The molecule has 1 aliphatic heterocycles. The van der Waals surface area contributed by atoms with Crippen LogP contribution in [0.3, 0.4) is 0 Å². The van der Waals surface area contributed by atoms with Crippen LogP contribution in [0.15, 0.2) is 12.1 Å².